The summed E-state index contributed by atoms with van der Waals surface area (Å²) in [5.41, 5.74) is 1.12. The Morgan fingerprint density at radius 3 is 2.68 bits per heavy atom. The lowest BCUT2D eigenvalue weighted by atomic mass is 10.1. The molecule has 0 saturated heterocycles. The molecule has 6 nitrogen and oxygen atoms in total. The van der Waals surface area contributed by atoms with Gasteiger partial charge in [-0.15, -0.1) is 0 Å². The Morgan fingerprint density at radius 2 is 2.00 bits per heavy atom. The van der Waals surface area contributed by atoms with Gasteiger partial charge in [0.15, 0.2) is 17.3 Å². The average molecular weight is 346 g/mol. The lowest BCUT2D eigenvalue weighted by molar-refractivity contribution is 0.0941. The number of benzene rings is 1. The number of aromatic nitrogens is 3. The molecule has 3 aromatic rings. The second kappa shape index (κ2) is 6.12. The van der Waals surface area contributed by atoms with Crippen LogP contribution in [-0.4, -0.2) is 20.7 Å². The molecule has 0 aliphatic rings. The number of nitrogens with zero attached hydrogens (tertiary/aromatic N) is 2. The molecule has 1 aromatic carbocycles. The van der Waals surface area contributed by atoms with Crippen LogP contribution in [-0.2, 0) is 7.05 Å². The smallest absolute Gasteiger partial charge is 0.274 e. The SMILES string of the molecule is Cc1cc(C(=O)NC(C)c2ccc(F)c(F)c2)c2c(=O)[nH]n(C)c2n1. The van der Waals surface area contributed by atoms with Gasteiger partial charge in [0.1, 0.15) is 0 Å². The summed E-state index contributed by atoms with van der Waals surface area (Å²) >= 11 is 0. The maximum atomic E-state index is 13.4. The minimum absolute atomic E-state index is 0.179. The second-order valence-electron chi connectivity index (χ2n) is 5.88. The third kappa shape index (κ3) is 3.02. The molecular weight excluding hydrogens is 330 g/mol. The van der Waals surface area contributed by atoms with Crippen molar-refractivity contribution in [3.63, 3.8) is 0 Å². The third-order valence-corrected chi connectivity index (χ3v) is 3.98. The molecule has 8 heteroatoms. The molecule has 0 bridgehead atoms. The number of halogens is 2. The summed E-state index contributed by atoms with van der Waals surface area (Å²) < 4.78 is 27.9. The van der Waals surface area contributed by atoms with E-state index in [2.05, 4.69) is 15.4 Å². The lowest BCUT2D eigenvalue weighted by Crippen LogP contribution is -2.27. The fraction of sp³-hybridized carbons (Fsp3) is 0.235. The monoisotopic (exact) mass is 346 g/mol. The van der Waals surface area contributed by atoms with Crippen LogP contribution >= 0.6 is 0 Å². The maximum absolute atomic E-state index is 13.4. The van der Waals surface area contributed by atoms with E-state index in [9.17, 15) is 18.4 Å². The first kappa shape index (κ1) is 16.8. The molecule has 130 valence electrons. The van der Waals surface area contributed by atoms with Crippen LogP contribution in [0.5, 0.6) is 0 Å². The molecule has 2 heterocycles. The molecule has 0 radical (unpaired) electrons. The molecule has 3 rings (SSSR count). The molecule has 2 aromatic heterocycles. The van der Waals surface area contributed by atoms with E-state index in [1.165, 1.54) is 16.8 Å². The van der Waals surface area contributed by atoms with Crippen molar-refractivity contribution in [2.24, 2.45) is 7.05 Å². The van der Waals surface area contributed by atoms with Gasteiger partial charge in [-0.05, 0) is 37.6 Å². The van der Waals surface area contributed by atoms with Crippen LogP contribution in [0.25, 0.3) is 11.0 Å². The number of carbonyl (C=O) groups excluding carboxylic acids is 1. The molecule has 0 aliphatic carbocycles. The van der Waals surface area contributed by atoms with Crippen LogP contribution in [0.15, 0.2) is 29.1 Å². The standard InChI is InChI=1S/C17H16F2N4O2/c1-8-6-11(14-15(20-8)23(3)22-17(14)25)16(24)21-9(2)10-4-5-12(18)13(19)7-10/h4-7,9H,1-3H3,(H,21,24)(H,22,25). The van der Waals surface area contributed by atoms with Gasteiger partial charge in [-0.3, -0.25) is 19.4 Å². The normalized spacial score (nSPS) is 12.4. The Bertz CT molecular complexity index is 1040. The topological polar surface area (TPSA) is 79.8 Å². The molecule has 2 N–H and O–H groups in total. The van der Waals surface area contributed by atoms with Gasteiger partial charge in [0.25, 0.3) is 11.5 Å². The number of nitrogens with one attached hydrogen (secondary N) is 2. The maximum Gasteiger partial charge on any atom is 0.274 e. The third-order valence-electron chi connectivity index (χ3n) is 3.98. The number of pyridine rings is 1. The summed E-state index contributed by atoms with van der Waals surface area (Å²) in [7, 11) is 1.63. The van der Waals surface area contributed by atoms with Gasteiger partial charge in [-0.25, -0.2) is 13.8 Å². The fourth-order valence-electron chi connectivity index (χ4n) is 2.70. The summed E-state index contributed by atoms with van der Waals surface area (Å²) in [6.07, 6.45) is 0. The van der Waals surface area contributed by atoms with E-state index in [0.29, 0.717) is 16.9 Å². The highest BCUT2D eigenvalue weighted by Gasteiger charge is 2.20. The molecule has 1 amide bonds. The van der Waals surface area contributed by atoms with Gasteiger partial charge in [0.2, 0.25) is 0 Å². The van der Waals surface area contributed by atoms with Crippen molar-refractivity contribution >= 4 is 16.9 Å². The van der Waals surface area contributed by atoms with E-state index < -0.39 is 29.1 Å². The van der Waals surface area contributed by atoms with Crippen molar-refractivity contribution in [3.05, 3.63) is 63.1 Å². The highest BCUT2D eigenvalue weighted by Crippen LogP contribution is 2.19. The summed E-state index contributed by atoms with van der Waals surface area (Å²) in [5, 5.41) is 5.44. The predicted molar refractivity (Wildman–Crippen MR) is 88.3 cm³/mol. The minimum atomic E-state index is -0.986. The Balaban J connectivity index is 1.97. The summed E-state index contributed by atoms with van der Waals surface area (Å²) in [6.45, 7) is 3.36. The first-order chi connectivity index (χ1) is 11.8. The number of amides is 1. The van der Waals surface area contributed by atoms with Gasteiger partial charge in [0, 0.05) is 12.7 Å². The van der Waals surface area contributed by atoms with Crippen LogP contribution in [0, 0.1) is 18.6 Å². The van der Waals surface area contributed by atoms with Crippen LogP contribution in [0.2, 0.25) is 0 Å². The summed E-state index contributed by atoms with van der Waals surface area (Å²) in [4.78, 5) is 29.0. The number of aryl methyl sites for hydroxylation is 2. The minimum Gasteiger partial charge on any atom is -0.345 e. The van der Waals surface area contributed by atoms with Crippen LogP contribution < -0.4 is 10.9 Å². The van der Waals surface area contributed by atoms with Gasteiger partial charge >= 0.3 is 0 Å². The van der Waals surface area contributed by atoms with Crippen molar-refractivity contribution in [2.45, 2.75) is 19.9 Å². The molecule has 0 saturated carbocycles. The summed E-state index contributed by atoms with van der Waals surface area (Å²) in [5.74, 6) is -2.44. The molecule has 0 spiro atoms. The van der Waals surface area contributed by atoms with E-state index in [-0.39, 0.29) is 10.9 Å². The quantitative estimate of drug-likeness (QED) is 0.764. The number of hydrogen-bond acceptors (Lipinski definition) is 3. The Hall–Kier alpha value is -3.03. The number of aromatic amines is 1. The van der Waals surface area contributed by atoms with Gasteiger partial charge in [-0.1, -0.05) is 6.07 Å². The van der Waals surface area contributed by atoms with Crippen LogP contribution in [0.4, 0.5) is 8.78 Å². The molecular formula is C17H16F2N4O2. The molecule has 1 atom stereocenters. The van der Waals surface area contributed by atoms with Crippen molar-refractivity contribution in [1.82, 2.24) is 20.1 Å². The van der Waals surface area contributed by atoms with Crippen LogP contribution in [0.1, 0.15) is 34.6 Å². The first-order valence-corrected chi connectivity index (χ1v) is 7.60. The van der Waals surface area contributed by atoms with Crippen LogP contribution in [0.3, 0.4) is 0 Å². The highest BCUT2D eigenvalue weighted by molar-refractivity contribution is 6.05. The van der Waals surface area contributed by atoms with Gasteiger partial charge < -0.3 is 5.32 Å². The van der Waals surface area contributed by atoms with E-state index in [1.54, 1.807) is 20.9 Å². The zero-order valence-electron chi connectivity index (χ0n) is 13.9. The fourth-order valence-corrected chi connectivity index (χ4v) is 2.70. The number of H-pyrrole nitrogens is 1. The first-order valence-electron chi connectivity index (χ1n) is 7.60. The van der Waals surface area contributed by atoms with Crippen molar-refractivity contribution in [1.29, 1.82) is 0 Å². The Morgan fingerprint density at radius 1 is 1.28 bits per heavy atom. The molecule has 1 unspecified atom stereocenters. The van der Waals surface area contributed by atoms with Crippen molar-refractivity contribution in [3.8, 4) is 0 Å². The zero-order chi connectivity index (χ0) is 18.3. The summed E-state index contributed by atoms with van der Waals surface area (Å²) in [6, 6.07) is 4.37. The molecule has 25 heavy (non-hydrogen) atoms. The molecule has 0 aliphatic heterocycles. The number of carbonyl (C=O) groups is 1. The average Bonchev–Trinajstić information content (AvgIpc) is 2.83. The predicted octanol–water partition coefficient (Wildman–Crippen LogP) is 2.34. The largest absolute Gasteiger partial charge is 0.345 e. The number of hydrogen-bond donors (Lipinski definition) is 2. The van der Waals surface area contributed by atoms with E-state index in [4.69, 9.17) is 0 Å². The Kier molecular flexibility index (Phi) is 4.12. The highest BCUT2D eigenvalue weighted by atomic mass is 19.2. The van der Waals surface area contributed by atoms with Gasteiger partial charge in [0.05, 0.1) is 17.0 Å². The lowest BCUT2D eigenvalue weighted by Gasteiger charge is -2.15. The second-order valence-corrected chi connectivity index (χ2v) is 5.88. The van der Waals surface area contributed by atoms with E-state index in [1.807, 2.05) is 0 Å². The number of fused-ring (bicyclic) bond motifs is 1. The Labute approximate surface area is 141 Å². The van der Waals surface area contributed by atoms with E-state index in [0.717, 1.165) is 12.1 Å². The van der Waals surface area contributed by atoms with Gasteiger partial charge in [-0.2, -0.15) is 0 Å². The van der Waals surface area contributed by atoms with Crippen molar-refractivity contribution in [2.75, 3.05) is 0 Å². The number of rotatable bonds is 3. The molecule has 0 fully saturated rings. The zero-order valence-corrected chi connectivity index (χ0v) is 13.9. The van der Waals surface area contributed by atoms with E-state index >= 15 is 0 Å². The van der Waals surface area contributed by atoms with Crippen molar-refractivity contribution < 1.29 is 13.6 Å².